The van der Waals surface area contributed by atoms with Gasteiger partial charge in [0.25, 0.3) is 0 Å². The van der Waals surface area contributed by atoms with Crippen molar-refractivity contribution in [2.75, 3.05) is 0 Å². The van der Waals surface area contributed by atoms with Gasteiger partial charge in [-0.25, -0.2) is 4.79 Å². The SMILES string of the molecule is O=C(OO)OCc1ccccc1. The Morgan fingerprint density at radius 3 is 2.58 bits per heavy atom. The van der Waals surface area contributed by atoms with Crippen molar-refractivity contribution in [2.45, 2.75) is 6.61 Å². The van der Waals surface area contributed by atoms with Crippen LogP contribution in [0.25, 0.3) is 0 Å². The second kappa shape index (κ2) is 4.35. The van der Waals surface area contributed by atoms with Crippen LogP contribution < -0.4 is 0 Å². The number of hydrogen-bond acceptors (Lipinski definition) is 4. The van der Waals surface area contributed by atoms with Gasteiger partial charge in [-0.2, -0.15) is 5.26 Å². The lowest BCUT2D eigenvalue weighted by Crippen LogP contribution is -2.04. The zero-order valence-electron chi connectivity index (χ0n) is 6.27. The van der Waals surface area contributed by atoms with Gasteiger partial charge in [0.2, 0.25) is 0 Å². The van der Waals surface area contributed by atoms with Gasteiger partial charge in [-0.15, -0.1) is 0 Å². The van der Waals surface area contributed by atoms with Crippen LogP contribution in [-0.2, 0) is 16.2 Å². The van der Waals surface area contributed by atoms with E-state index in [0.29, 0.717) is 0 Å². The van der Waals surface area contributed by atoms with Crippen molar-refractivity contribution in [2.24, 2.45) is 0 Å². The molecular weight excluding hydrogens is 160 g/mol. The molecule has 0 aliphatic rings. The van der Waals surface area contributed by atoms with Crippen molar-refractivity contribution in [1.29, 1.82) is 0 Å². The zero-order chi connectivity index (χ0) is 8.81. The van der Waals surface area contributed by atoms with E-state index in [1.54, 1.807) is 12.1 Å². The quantitative estimate of drug-likeness (QED) is 0.415. The molecule has 0 amide bonds. The van der Waals surface area contributed by atoms with E-state index in [-0.39, 0.29) is 6.61 Å². The molecule has 4 heteroatoms. The third kappa shape index (κ3) is 2.59. The van der Waals surface area contributed by atoms with E-state index in [4.69, 9.17) is 5.26 Å². The maximum atomic E-state index is 10.3. The Bertz CT molecular complexity index is 244. The summed E-state index contributed by atoms with van der Waals surface area (Å²) in [4.78, 5) is 13.6. The molecule has 4 nitrogen and oxygen atoms in total. The van der Waals surface area contributed by atoms with Crippen molar-refractivity contribution in [1.82, 2.24) is 0 Å². The first-order valence-corrected chi connectivity index (χ1v) is 3.35. The first-order valence-electron chi connectivity index (χ1n) is 3.35. The van der Waals surface area contributed by atoms with E-state index in [1.165, 1.54) is 0 Å². The Morgan fingerprint density at radius 2 is 2.00 bits per heavy atom. The van der Waals surface area contributed by atoms with Gasteiger partial charge < -0.3 is 4.74 Å². The molecule has 1 aromatic rings. The molecule has 0 radical (unpaired) electrons. The maximum Gasteiger partial charge on any atom is 0.540 e. The number of hydrogen-bond donors (Lipinski definition) is 1. The second-order valence-corrected chi connectivity index (χ2v) is 2.12. The summed E-state index contributed by atoms with van der Waals surface area (Å²) in [5.41, 5.74) is 0.836. The van der Waals surface area contributed by atoms with E-state index in [2.05, 4.69) is 9.62 Å². The average Bonchev–Trinajstić information content (AvgIpc) is 2.16. The van der Waals surface area contributed by atoms with Gasteiger partial charge in [0.05, 0.1) is 0 Å². The van der Waals surface area contributed by atoms with Gasteiger partial charge in [-0.05, 0) is 5.56 Å². The lowest BCUT2D eigenvalue weighted by molar-refractivity contribution is -0.201. The molecule has 1 N–H and O–H groups in total. The summed E-state index contributed by atoms with van der Waals surface area (Å²) in [6.45, 7) is 0.0975. The molecule has 0 unspecified atom stereocenters. The molecule has 1 rings (SSSR count). The van der Waals surface area contributed by atoms with Crippen LogP contribution in [0.1, 0.15) is 5.56 Å². The average molecular weight is 168 g/mol. The molecule has 0 aromatic heterocycles. The largest absolute Gasteiger partial charge is 0.540 e. The molecule has 0 spiro atoms. The molecule has 0 atom stereocenters. The normalized spacial score (nSPS) is 9.08. The van der Waals surface area contributed by atoms with Crippen molar-refractivity contribution >= 4 is 6.16 Å². The fraction of sp³-hybridized carbons (Fsp3) is 0.125. The molecule has 0 saturated heterocycles. The minimum atomic E-state index is -1.10. The van der Waals surface area contributed by atoms with Crippen LogP contribution >= 0.6 is 0 Å². The van der Waals surface area contributed by atoms with Crippen molar-refractivity contribution in [3.05, 3.63) is 35.9 Å². The summed E-state index contributed by atoms with van der Waals surface area (Å²) in [7, 11) is 0. The minimum Gasteiger partial charge on any atom is -0.427 e. The highest BCUT2D eigenvalue weighted by Crippen LogP contribution is 2.00. The van der Waals surface area contributed by atoms with Gasteiger partial charge in [-0.1, -0.05) is 30.3 Å². The van der Waals surface area contributed by atoms with E-state index in [9.17, 15) is 4.79 Å². The minimum absolute atomic E-state index is 0.0975. The van der Waals surface area contributed by atoms with Crippen LogP contribution in [-0.4, -0.2) is 11.4 Å². The van der Waals surface area contributed by atoms with Gasteiger partial charge in [0.15, 0.2) is 0 Å². The van der Waals surface area contributed by atoms with Gasteiger partial charge in [-0.3, -0.25) is 4.89 Å². The monoisotopic (exact) mass is 168 g/mol. The summed E-state index contributed by atoms with van der Waals surface area (Å²) < 4.78 is 4.47. The standard InChI is InChI=1S/C8H8O4/c9-8(12-10)11-6-7-4-2-1-3-5-7/h1-5,10H,6H2. The predicted molar refractivity (Wildman–Crippen MR) is 40.3 cm³/mol. The summed E-state index contributed by atoms with van der Waals surface area (Å²) in [6, 6.07) is 9.09. The number of rotatable bonds is 2. The van der Waals surface area contributed by atoms with Crippen LogP contribution in [0, 0.1) is 0 Å². The van der Waals surface area contributed by atoms with E-state index < -0.39 is 6.16 Å². The lowest BCUT2D eigenvalue weighted by Gasteiger charge is -2.00. The van der Waals surface area contributed by atoms with Gasteiger partial charge in [0, 0.05) is 0 Å². The summed E-state index contributed by atoms with van der Waals surface area (Å²) in [6.07, 6.45) is -1.10. The highest BCUT2D eigenvalue weighted by molar-refractivity contribution is 5.58. The Kier molecular flexibility index (Phi) is 3.10. The van der Waals surface area contributed by atoms with Crippen LogP contribution in [0.5, 0.6) is 0 Å². The zero-order valence-corrected chi connectivity index (χ0v) is 6.27. The fourth-order valence-corrected chi connectivity index (χ4v) is 0.743. The lowest BCUT2D eigenvalue weighted by atomic mass is 10.2. The molecule has 0 aliphatic heterocycles. The highest BCUT2D eigenvalue weighted by Gasteiger charge is 2.01. The highest BCUT2D eigenvalue weighted by atomic mass is 17.1. The van der Waals surface area contributed by atoms with Crippen LogP contribution in [0.2, 0.25) is 0 Å². The topological polar surface area (TPSA) is 55.8 Å². The molecule has 0 bridgehead atoms. The third-order valence-electron chi connectivity index (χ3n) is 1.27. The Balaban J connectivity index is 2.38. The van der Waals surface area contributed by atoms with Crippen LogP contribution in [0.4, 0.5) is 4.79 Å². The number of carbonyl (C=O) groups excluding carboxylic acids is 1. The van der Waals surface area contributed by atoms with Gasteiger partial charge in [0.1, 0.15) is 6.61 Å². The molecule has 1 aromatic carbocycles. The number of ether oxygens (including phenoxy) is 1. The molecule has 0 saturated carbocycles. The third-order valence-corrected chi connectivity index (χ3v) is 1.27. The fourth-order valence-electron chi connectivity index (χ4n) is 0.743. The Hall–Kier alpha value is -1.55. The Labute approximate surface area is 69.3 Å². The van der Waals surface area contributed by atoms with Crippen LogP contribution in [0.3, 0.4) is 0 Å². The molecule has 64 valence electrons. The first kappa shape index (κ1) is 8.55. The molecule has 12 heavy (non-hydrogen) atoms. The van der Waals surface area contributed by atoms with Crippen molar-refractivity contribution in [3.8, 4) is 0 Å². The summed E-state index contributed by atoms with van der Waals surface area (Å²) >= 11 is 0. The molecule has 0 fully saturated rings. The smallest absolute Gasteiger partial charge is 0.427 e. The summed E-state index contributed by atoms with van der Waals surface area (Å²) in [5.74, 6) is 0. The van der Waals surface area contributed by atoms with Crippen LogP contribution in [0.15, 0.2) is 30.3 Å². The molecule has 0 heterocycles. The van der Waals surface area contributed by atoms with Crippen molar-refractivity contribution < 1.29 is 19.7 Å². The first-order chi connectivity index (χ1) is 5.83. The molecule has 0 aliphatic carbocycles. The number of benzene rings is 1. The molecular formula is C8H8O4. The Morgan fingerprint density at radius 1 is 1.33 bits per heavy atom. The van der Waals surface area contributed by atoms with Gasteiger partial charge >= 0.3 is 6.16 Å². The maximum absolute atomic E-state index is 10.3. The van der Waals surface area contributed by atoms with E-state index >= 15 is 0 Å². The second-order valence-electron chi connectivity index (χ2n) is 2.12. The van der Waals surface area contributed by atoms with E-state index in [1.807, 2.05) is 18.2 Å². The predicted octanol–water partition coefficient (Wildman–Crippen LogP) is 1.81. The number of carbonyl (C=O) groups is 1. The van der Waals surface area contributed by atoms with Crippen molar-refractivity contribution in [3.63, 3.8) is 0 Å². The summed E-state index contributed by atoms with van der Waals surface area (Å²) in [5, 5.41) is 7.84. The van der Waals surface area contributed by atoms with E-state index in [0.717, 1.165) is 5.56 Å².